The molecule has 2 heterocycles. The SMILES string of the molecule is O=[N+]([O-])c1ccc(-c2sc3c(c2CBr)CN(c2ccccc2)CN3Cc2c(F)cccc2F)cc1. The number of hydrogen-bond donors (Lipinski definition) is 0. The van der Waals surface area contributed by atoms with Crippen LogP contribution in [0.5, 0.6) is 0 Å². The van der Waals surface area contributed by atoms with Gasteiger partial charge < -0.3 is 9.80 Å². The van der Waals surface area contributed by atoms with Crippen molar-refractivity contribution in [2.24, 2.45) is 0 Å². The Morgan fingerprint density at radius 3 is 2.26 bits per heavy atom. The molecule has 1 aliphatic rings. The van der Waals surface area contributed by atoms with Crippen molar-refractivity contribution in [3.8, 4) is 10.4 Å². The molecular weight excluding hydrogens is 536 g/mol. The van der Waals surface area contributed by atoms with Crippen LogP contribution in [0.4, 0.5) is 25.2 Å². The van der Waals surface area contributed by atoms with Crippen LogP contribution in [0.15, 0.2) is 72.8 Å². The summed E-state index contributed by atoms with van der Waals surface area (Å²) in [7, 11) is 0. The number of nitrogens with zero attached hydrogens (tertiary/aromatic N) is 3. The van der Waals surface area contributed by atoms with E-state index in [0.29, 0.717) is 18.5 Å². The molecule has 0 bridgehead atoms. The third kappa shape index (κ3) is 4.53. The number of thiophene rings is 1. The normalized spacial score (nSPS) is 13.1. The lowest BCUT2D eigenvalue weighted by atomic mass is 10.0. The number of benzene rings is 3. The van der Waals surface area contributed by atoms with Crippen LogP contribution in [0.25, 0.3) is 10.4 Å². The van der Waals surface area contributed by atoms with E-state index < -0.39 is 16.6 Å². The highest BCUT2D eigenvalue weighted by molar-refractivity contribution is 9.08. The molecule has 0 fully saturated rings. The summed E-state index contributed by atoms with van der Waals surface area (Å²) in [5, 5.41) is 12.6. The Kier molecular flexibility index (Phi) is 6.53. The van der Waals surface area contributed by atoms with Gasteiger partial charge in [-0.2, -0.15) is 0 Å². The molecule has 0 spiro atoms. The van der Waals surface area contributed by atoms with Crippen molar-refractivity contribution in [1.29, 1.82) is 0 Å². The van der Waals surface area contributed by atoms with Crippen LogP contribution in [0.1, 0.15) is 16.7 Å². The average molecular weight is 556 g/mol. The zero-order chi connectivity index (χ0) is 24.5. The Bertz CT molecular complexity index is 1360. The van der Waals surface area contributed by atoms with E-state index in [1.807, 2.05) is 35.2 Å². The second kappa shape index (κ2) is 9.75. The minimum atomic E-state index is -0.573. The highest BCUT2D eigenvalue weighted by Gasteiger charge is 2.30. The molecule has 35 heavy (non-hydrogen) atoms. The van der Waals surface area contributed by atoms with Gasteiger partial charge in [0, 0.05) is 45.7 Å². The van der Waals surface area contributed by atoms with Crippen molar-refractivity contribution in [2.75, 3.05) is 16.5 Å². The van der Waals surface area contributed by atoms with Gasteiger partial charge in [0.05, 0.1) is 23.1 Å². The molecule has 0 atom stereocenters. The molecule has 1 aromatic heterocycles. The van der Waals surface area contributed by atoms with Gasteiger partial charge in [-0.1, -0.05) is 40.2 Å². The van der Waals surface area contributed by atoms with Crippen molar-refractivity contribution in [1.82, 2.24) is 0 Å². The number of non-ortho nitro benzene ring substituents is 1. The molecule has 0 radical (unpaired) electrons. The molecular formula is C26H20BrF2N3O2S. The molecule has 0 aliphatic carbocycles. The zero-order valence-corrected chi connectivity index (χ0v) is 20.9. The van der Waals surface area contributed by atoms with Gasteiger partial charge in [0.2, 0.25) is 0 Å². The summed E-state index contributed by atoms with van der Waals surface area (Å²) in [4.78, 5) is 15.8. The predicted molar refractivity (Wildman–Crippen MR) is 139 cm³/mol. The van der Waals surface area contributed by atoms with Gasteiger partial charge in [-0.05, 0) is 47.5 Å². The zero-order valence-electron chi connectivity index (χ0n) is 18.5. The van der Waals surface area contributed by atoms with Gasteiger partial charge in [-0.3, -0.25) is 10.1 Å². The Morgan fingerprint density at radius 2 is 1.63 bits per heavy atom. The Morgan fingerprint density at radius 1 is 0.943 bits per heavy atom. The number of alkyl halides is 1. The van der Waals surface area contributed by atoms with Gasteiger partial charge in [0.25, 0.3) is 5.69 Å². The summed E-state index contributed by atoms with van der Waals surface area (Å²) in [6.07, 6.45) is 0. The topological polar surface area (TPSA) is 49.6 Å². The van der Waals surface area contributed by atoms with Crippen LogP contribution < -0.4 is 9.80 Å². The molecule has 5 rings (SSSR count). The number of nitro groups is 1. The molecule has 0 amide bonds. The van der Waals surface area contributed by atoms with E-state index in [2.05, 4.69) is 20.8 Å². The lowest BCUT2D eigenvalue weighted by molar-refractivity contribution is -0.384. The van der Waals surface area contributed by atoms with Gasteiger partial charge in [-0.25, -0.2) is 8.78 Å². The van der Waals surface area contributed by atoms with Gasteiger partial charge in [0.15, 0.2) is 0 Å². The first-order valence-corrected chi connectivity index (χ1v) is 12.8. The highest BCUT2D eigenvalue weighted by Crippen LogP contribution is 2.47. The molecule has 0 N–H and O–H groups in total. The number of hydrogen-bond acceptors (Lipinski definition) is 5. The quantitative estimate of drug-likeness (QED) is 0.140. The molecule has 0 saturated carbocycles. The number of fused-ring (bicyclic) bond motifs is 1. The summed E-state index contributed by atoms with van der Waals surface area (Å²) >= 11 is 5.17. The number of rotatable bonds is 6. The molecule has 0 saturated heterocycles. The lowest BCUT2D eigenvalue weighted by Gasteiger charge is -2.38. The molecule has 0 unspecified atom stereocenters. The lowest BCUT2D eigenvalue weighted by Crippen LogP contribution is -2.42. The fourth-order valence-electron chi connectivity index (χ4n) is 4.33. The van der Waals surface area contributed by atoms with Gasteiger partial charge in [-0.15, -0.1) is 11.3 Å². The fourth-order valence-corrected chi connectivity index (χ4v) is 6.46. The van der Waals surface area contributed by atoms with E-state index >= 15 is 0 Å². The van der Waals surface area contributed by atoms with E-state index in [1.165, 1.54) is 30.3 Å². The first-order valence-electron chi connectivity index (χ1n) is 10.9. The maximum absolute atomic E-state index is 14.6. The maximum atomic E-state index is 14.6. The van der Waals surface area contributed by atoms with Gasteiger partial charge in [0.1, 0.15) is 11.6 Å². The van der Waals surface area contributed by atoms with E-state index in [9.17, 15) is 18.9 Å². The summed E-state index contributed by atoms with van der Waals surface area (Å²) in [5.41, 5.74) is 4.08. The largest absolute Gasteiger partial charge is 0.349 e. The summed E-state index contributed by atoms with van der Waals surface area (Å²) in [6.45, 7) is 1.18. The van der Waals surface area contributed by atoms with Crippen molar-refractivity contribution in [2.45, 2.75) is 18.4 Å². The number of para-hydroxylation sites is 1. The smallest absolute Gasteiger partial charge is 0.269 e. The van der Waals surface area contributed by atoms with Gasteiger partial charge >= 0.3 is 0 Å². The minimum absolute atomic E-state index is 0.0269. The number of nitro benzene ring substituents is 1. The highest BCUT2D eigenvalue weighted by atomic mass is 79.9. The third-order valence-electron chi connectivity index (χ3n) is 6.08. The van der Waals surface area contributed by atoms with E-state index in [1.54, 1.807) is 23.5 Å². The second-order valence-electron chi connectivity index (χ2n) is 8.20. The first-order chi connectivity index (χ1) is 17.0. The molecule has 3 aromatic carbocycles. The fraction of sp³-hybridized carbons (Fsp3) is 0.154. The van der Waals surface area contributed by atoms with Crippen LogP contribution in [0.2, 0.25) is 0 Å². The Hall–Kier alpha value is -3.30. The summed E-state index contributed by atoms with van der Waals surface area (Å²) in [6, 6.07) is 20.3. The number of anilines is 2. The van der Waals surface area contributed by atoms with E-state index in [-0.39, 0.29) is 17.8 Å². The van der Waals surface area contributed by atoms with Crippen molar-refractivity contribution < 1.29 is 13.7 Å². The Labute approximate surface area is 213 Å². The molecule has 1 aliphatic heterocycles. The van der Waals surface area contributed by atoms with Crippen LogP contribution in [-0.4, -0.2) is 11.6 Å². The van der Waals surface area contributed by atoms with Crippen LogP contribution in [0.3, 0.4) is 0 Å². The minimum Gasteiger partial charge on any atom is -0.349 e. The first kappa shape index (κ1) is 23.4. The summed E-state index contributed by atoms with van der Waals surface area (Å²) in [5.74, 6) is -1.15. The van der Waals surface area contributed by atoms with Crippen molar-refractivity contribution in [3.63, 3.8) is 0 Å². The van der Waals surface area contributed by atoms with Crippen LogP contribution in [-0.2, 0) is 18.4 Å². The maximum Gasteiger partial charge on any atom is 0.269 e. The molecule has 178 valence electrons. The van der Waals surface area contributed by atoms with Crippen LogP contribution >= 0.6 is 27.3 Å². The molecule has 4 aromatic rings. The monoisotopic (exact) mass is 555 g/mol. The third-order valence-corrected chi connectivity index (χ3v) is 8.02. The standard InChI is InChI=1S/C26H20BrF2N3O2S/c27-13-20-21-14-30(18-5-2-1-3-6-18)16-31(15-22-23(28)7-4-8-24(22)29)26(21)35-25(20)17-9-11-19(12-10-17)32(33)34/h1-12H,13-16H2. The average Bonchev–Trinajstić information content (AvgIpc) is 3.25. The van der Waals surface area contributed by atoms with Crippen molar-refractivity contribution in [3.05, 3.63) is 111 Å². The van der Waals surface area contributed by atoms with E-state index in [4.69, 9.17) is 0 Å². The van der Waals surface area contributed by atoms with Crippen molar-refractivity contribution >= 4 is 43.6 Å². The summed E-state index contributed by atoms with van der Waals surface area (Å²) < 4.78 is 29.2. The number of halogens is 3. The predicted octanol–water partition coefficient (Wildman–Crippen LogP) is 7.48. The molecule has 9 heteroatoms. The van der Waals surface area contributed by atoms with Crippen LogP contribution in [0, 0.1) is 21.7 Å². The molecule has 5 nitrogen and oxygen atoms in total. The van der Waals surface area contributed by atoms with E-state index in [0.717, 1.165) is 32.3 Å². The Balaban J connectivity index is 1.61. The second-order valence-corrected chi connectivity index (χ2v) is 9.76.